The third kappa shape index (κ3) is 3.28. The average molecular weight is 263 g/mol. The van der Waals surface area contributed by atoms with Gasteiger partial charge >= 0.3 is 0 Å². The van der Waals surface area contributed by atoms with E-state index in [4.69, 9.17) is 5.73 Å². The van der Waals surface area contributed by atoms with Crippen molar-refractivity contribution in [2.24, 2.45) is 5.41 Å². The highest BCUT2D eigenvalue weighted by molar-refractivity contribution is 5.52. The topological polar surface area (TPSA) is 67.1 Å². The number of nitrogen functional groups attached to an aromatic ring is 1. The van der Waals surface area contributed by atoms with Crippen LogP contribution in [0.2, 0.25) is 0 Å². The van der Waals surface area contributed by atoms with Gasteiger partial charge in [-0.15, -0.1) is 0 Å². The second-order valence-electron chi connectivity index (χ2n) is 6.23. The van der Waals surface area contributed by atoms with Crippen molar-refractivity contribution in [3.63, 3.8) is 0 Å². The molecule has 2 rings (SSSR count). The lowest BCUT2D eigenvalue weighted by Gasteiger charge is -2.39. The van der Waals surface area contributed by atoms with Gasteiger partial charge in [-0.05, 0) is 31.1 Å². The molecule has 0 aliphatic heterocycles. The van der Waals surface area contributed by atoms with E-state index in [1.807, 2.05) is 13.1 Å². The van der Waals surface area contributed by atoms with Gasteiger partial charge < -0.3 is 16.0 Å². The Bertz CT molecular complexity index is 433. The maximum Gasteiger partial charge on any atom is 0.223 e. The van der Waals surface area contributed by atoms with Crippen molar-refractivity contribution in [3.8, 4) is 0 Å². The summed E-state index contributed by atoms with van der Waals surface area (Å²) in [6, 6.07) is 2.50. The molecule has 1 aliphatic rings. The van der Waals surface area contributed by atoms with Crippen LogP contribution in [0, 0.1) is 5.41 Å². The monoisotopic (exact) mass is 263 g/mol. The van der Waals surface area contributed by atoms with Crippen molar-refractivity contribution in [2.75, 3.05) is 30.0 Å². The molecule has 0 amide bonds. The smallest absolute Gasteiger partial charge is 0.223 e. The van der Waals surface area contributed by atoms with Crippen LogP contribution < -0.4 is 16.0 Å². The highest BCUT2D eigenvalue weighted by Gasteiger charge is 2.29. The van der Waals surface area contributed by atoms with Gasteiger partial charge in [0.2, 0.25) is 5.95 Å². The SMILES string of the molecule is CNc1cc(N(C)C2CCC(C)(C)CC2)nc(N)n1. The molecular formula is C14H25N5. The predicted octanol–water partition coefficient (Wildman–Crippen LogP) is 2.51. The second kappa shape index (κ2) is 5.23. The van der Waals surface area contributed by atoms with E-state index in [9.17, 15) is 0 Å². The van der Waals surface area contributed by atoms with Crippen LogP contribution in [0.1, 0.15) is 39.5 Å². The summed E-state index contributed by atoms with van der Waals surface area (Å²) in [6.45, 7) is 4.70. The quantitative estimate of drug-likeness (QED) is 0.877. The van der Waals surface area contributed by atoms with E-state index in [1.54, 1.807) is 0 Å². The molecule has 1 fully saturated rings. The Hall–Kier alpha value is -1.52. The van der Waals surface area contributed by atoms with Gasteiger partial charge in [-0.25, -0.2) is 0 Å². The van der Waals surface area contributed by atoms with E-state index < -0.39 is 0 Å². The lowest BCUT2D eigenvalue weighted by Crippen LogP contribution is -2.37. The van der Waals surface area contributed by atoms with Crippen LogP contribution in [0.15, 0.2) is 6.07 Å². The van der Waals surface area contributed by atoms with Crippen LogP contribution in [0.5, 0.6) is 0 Å². The minimum absolute atomic E-state index is 0.324. The number of nitrogens with zero attached hydrogens (tertiary/aromatic N) is 3. The van der Waals surface area contributed by atoms with E-state index in [2.05, 4.69) is 41.1 Å². The van der Waals surface area contributed by atoms with E-state index in [1.165, 1.54) is 25.7 Å². The molecule has 5 nitrogen and oxygen atoms in total. The van der Waals surface area contributed by atoms with Crippen LogP contribution >= 0.6 is 0 Å². The van der Waals surface area contributed by atoms with E-state index in [-0.39, 0.29) is 0 Å². The lowest BCUT2D eigenvalue weighted by atomic mass is 9.75. The van der Waals surface area contributed by atoms with Crippen LogP contribution in [-0.2, 0) is 0 Å². The van der Waals surface area contributed by atoms with Gasteiger partial charge in [0.1, 0.15) is 11.6 Å². The number of hydrogen-bond acceptors (Lipinski definition) is 5. The molecule has 0 bridgehead atoms. The van der Waals surface area contributed by atoms with E-state index in [0.717, 1.165) is 11.6 Å². The highest BCUT2D eigenvalue weighted by atomic mass is 15.2. The molecule has 106 valence electrons. The van der Waals surface area contributed by atoms with Gasteiger partial charge in [0.25, 0.3) is 0 Å². The Morgan fingerprint density at radius 2 is 1.95 bits per heavy atom. The third-order valence-corrected chi connectivity index (χ3v) is 4.20. The summed E-state index contributed by atoms with van der Waals surface area (Å²) >= 11 is 0. The molecule has 5 heteroatoms. The molecular weight excluding hydrogens is 238 g/mol. The predicted molar refractivity (Wildman–Crippen MR) is 80.4 cm³/mol. The third-order valence-electron chi connectivity index (χ3n) is 4.20. The molecule has 3 N–H and O–H groups in total. The van der Waals surface area contributed by atoms with Gasteiger partial charge in [-0.3, -0.25) is 0 Å². The summed E-state index contributed by atoms with van der Waals surface area (Å²) < 4.78 is 0. The molecule has 1 aliphatic carbocycles. The van der Waals surface area contributed by atoms with Crippen LogP contribution in [0.3, 0.4) is 0 Å². The number of aromatic nitrogens is 2. The Morgan fingerprint density at radius 3 is 2.53 bits per heavy atom. The molecule has 0 aromatic carbocycles. The Kier molecular flexibility index (Phi) is 3.83. The maximum atomic E-state index is 5.76. The van der Waals surface area contributed by atoms with Gasteiger partial charge in [-0.1, -0.05) is 13.8 Å². The zero-order chi connectivity index (χ0) is 14.0. The molecule has 0 atom stereocenters. The zero-order valence-corrected chi connectivity index (χ0v) is 12.4. The molecule has 0 saturated heterocycles. The molecule has 1 saturated carbocycles. The van der Waals surface area contributed by atoms with Gasteiger partial charge in [-0.2, -0.15) is 9.97 Å². The molecule has 0 unspecified atom stereocenters. The molecule has 1 aromatic rings. The zero-order valence-electron chi connectivity index (χ0n) is 12.4. The summed E-state index contributed by atoms with van der Waals surface area (Å²) in [4.78, 5) is 10.7. The Labute approximate surface area is 115 Å². The standard InChI is InChI=1S/C14H25N5/c1-14(2)7-5-10(6-8-14)19(4)12-9-11(16-3)17-13(15)18-12/h9-10H,5-8H2,1-4H3,(H3,15,16,17,18). The van der Waals surface area contributed by atoms with Crippen molar-refractivity contribution in [2.45, 2.75) is 45.6 Å². The maximum absolute atomic E-state index is 5.76. The van der Waals surface area contributed by atoms with Crippen LogP contribution in [-0.4, -0.2) is 30.1 Å². The van der Waals surface area contributed by atoms with Gasteiger partial charge in [0.15, 0.2) is 0 Å². The van der Waals surface area contributed by atoms with Crippen molar-refractivity contribution in [1.82, 2.24) is 9.97 Å². The fourth-order valence-corrected chi connectivity index (χ4v) is 2.72. The summed E-state index contributed by atoms with van der Waals surface area (Å²) in [5.74, 6) is 2.00. The summed E-state index contributed by atoms with van der Waals surface area (Å²) in [6.07, 6.45) is 4.95. The van der Waals surface area contributed by atoms with Crippen molar-refractivity contribution >= 4 is 17.6 Å². The van der Waals surface area contributed by atoms with Gasteiger partial charge in [0, 0.05) is 26.2 Å². The first-order valence-corrected chi connectivity index (χ1v) is 6.96. The number of nitrogens with two attached hydrogens (primary N) is 1. The number of anilines is 3. The van der Waals surface area contributed by atoms with Gasteiger partial charge in [0.05, 0.1) is 0 Å². The number of nitrogens with one attached hydrogen (secondary N) is 1. The molecule has 19 heavy (non-hydrogen) atoms. The summed E-state index contributed by atoms with van der Waals surface area (Å²) in [7, 11) is 3.94. The van der Waals surface area contributed by atoms with Crippen LogP contribution in [0.4, 0.5) is 17.6 Å². The minimum Gasteiger partial charge on any atom is -0.373 e. The van der Waals surface area contributed by atoms with E-state index >= 15 is 0 Å². The minimum atomic E-state index is 0.324. The van der Waals surface area contributed by atoms with Crippen LogP contribution in [0.25, 0.3) is 0 Å². The molecule has 0 spiro atoms. The number of hydrogen-bond donors (Lipinski definition) is 2. The lowest BCUT2D eigenvalue weighted by molar-refractivity contribution is 0.222. The fourth-order valence-electron chi connectivity index (χ4n) is 2.72. The average Bonchev–Trinajstić information content (AvgIpc) is 2.37. The Balaban J connectivity index is 2.11. The van der Waals surface area contributed by atoms with Crippen molar-refractivity contribution < 1.29 is 0 Å². The highest BCUT2D eigenvalue weighted by Crippen LogP contribution is 2.37. The largest absolute Gasteiger partial charge is 0.373 e. The Morgan fingerprint density at radius 1 is 1.32 bits per heavy atom. The molecule has 0 radical (unpaired) electrons. The second-order valence-corrected chi connectivity index (χ2v) is 6.23. The molecule has 1 heterocycles. The van der Waals surface area contributed by atoms with E-state index in [0.29, 0.717) is 17.4 Å². The first-order chi connectivity index (χ1) is 8.91. The molecule has 1 aromatic heterocycles. The summed E-state index contributed by atoms with van der Waals surface area (Å²) in [5.41, 5.74) is 6.24. The fraction of sp³-hybridized carbons (Fsp3) is 0.714. The summed E-state index contributed by atoms with van der Waals surface area (Å²) in [5, 5.41) is 3.02. The normalized spacial score (nSPS) is 19.2. The van der Waals surface area contributed by atoms with Crippen molar-refractivity contribution in [1.29, 1.82) is 0 Å². The van der Waals surface area contributed by atoms with Crippen molar-refractivity contribution in [3.05, 3.63) is 6.07 Å². The first-order valence-electron chi connectivity index (χ1n) is 6.96. The number of rotatable bonds is 3. The first kappa shape index (κ1) is 13.9.